The predicted molar refractivity (Wildman–Crippen MR) is 259 cm³/mol. The van der Waals surface area contributed by atoms with Crippen LogP contribution in [0.1, 0.15) is 0 Å². The van der Waals surface area contributed by atoms with Crippen molar-refractivity contribution in [3.05, 3.63) is 231 Å². The van der Waals surface area contributed by atoms with Crippen LogP contribution in [0.5, 0.6) is 0 Å². The Balaban J connectivity index is 1.12. The van der Waals surface area contributed by atoms with Gasteiger partial charge in [0, 0.05) is 0 Å². The van der Waals surface area contributed by atoms with Crippen LogP contribution in [0.25, 0.3) is 120 Å². The largest absolute Gasteiger partial charge is 0.0616 e. The van der Waals surface area contributed by atoms with E-state index >= 15 is 0 Å². The number of hydrogen-bond donors (Lipinski definition) is 0. The van der Waals surface area contributed by atoms with Crippen molar-refractivity contribution in [2.75, 3.05) is 0 Å². The summed E-state index contributed by atoms with van der Waals surface area (Å²) in [6.45, 7) is 0. The molecule has 0 fully saturated rings. The molecule has 0 nitrogen and oxygen atoms in total. The minimum Gasteiger partial charge on any atom is -0.0616 e. The Morgan fingerprint density at radius 2 is 0.567 bits per heavy atom. The number of hydrogen-bond acceptors (Lipinski definition) is 0. The molecule has 0 saturated heterocycles. The Bertz CT molecular complexity index is 3570. The van der Waals surface area contributed by atoms with Gasteiger partial charge in [0.1, 0.15) is 0 Å². The van der Waals surface area contributed by atoms with Gasteiger partial charge < -0.3 is 0 Å². The molecule has 0 saturated carbocycles. The van der Waals surface area contributed by atoms with Crippen LogP contribution < -0.4 is 0 Å². The van der Waals surface area contributed by atoms with Gasteiger partial charge in [-0.25, -0.2) is 0 Å². The first-order valence-corrected chi connectivity index (χ1v) is 20.8. The van der Waals surface area contributed by atoms with Crippen LogP contribution in [-0.2, 0) is 0 Å². The highest BCUT2D eigenvalue weighted by Crippen LogP contribution is 2.45. The van der Waals surface area contributed by atoms with Gasteiger partial charge in [-0.1, -0.05) is 200 Å². The van der Waals surface area contributed by atoms with Crippen LogP contribution in [0.15, 0.2) is 231 Å². The molecule has 0 amide bonds. The van der Waals surface area contributed by atoms with E-state index in [9.17, 15) is 0 Å². The fraction of sp³-hybridized carbons (Fsp3) is 0. The standard InChI is InChI=1S/C60H38/c1-3-16-43-34-46(28-26-39(43)12-1)55-23-11-25-58-53(32-33-56(60(55)58)47-29-27-40-13-2-4-17-44(40)35-47)45-30-31-54-48(36-45)37-49(52-22-9-18-41-14-5-7-20-50(41)52)38-59(54)57-24-10-19-42-15-6-8-21-51(42)57/h1-38H. The molecular formula is C60H38. The Morgan fingerprint density at radius 1 is 0.167 bits per heavy atom. The third kappa shape index (κ3) is 5.69. The minimum absolute atomic E-state index is 1.20. The van der Waals surface area contributed by atoms with Gasteiger partial charge in [0.2, 0.25) is 0 Å². The summed E-state index contributed by atoms with van der Waals surface area (Å²) in [5, 5.41) is 15.0. The summed E-state index contributed by atoms with van der Waals surface area (Å²) in [6, 6.07) is 85.4. The molecule has 278 valence electrons. The van der Waals surface area contributed by atoms with Crippen molar-refractivity contribution < 1.29 is 0 Å². The fourth-order valence-electron chi connectivity index (χ4n) is 9.71. The average Bonchev–Trinajstić information content (AvgIpc) is 3.32. The molecule has 0 bridgehead atoms. The van der Waals surface area contributed by atoms with E-state index in [-0.39, 0.29) is 0 Å². The SMILES string of the molecule is c1ccc2cc(-c3cccc4c(-c5ccc6c(-c7cccc8ccccc78)cc(-c7cccc8ccccc78)cc6c5)ccc(-c5ccc6ccccc6c5)c34)ccc2c1. The van der Waals surface area contributed by atoms with Crippen LogP contribution in [-0.4, -0.2) is 0 Å². The highest BCUT2D eigenvalue weighted by molar-refractivity contribution is 6.15. The van der Waals surface area contributed by atoms with Gasteiger partial charge in [-0.3, -0.25) is 0 Å². The van der Waals surface area contributed by atoms with Gasteiger partial charge in [0.15, 0.2) is 0 Å². The monoisotopic (exact) mass is 758 g/mol. The van der Waals surface area contributed by atoms with E-state index in [0.717, 1.165) is 0 Å². The third-order valence-corrected chi connectivity index (χ3v) is 12.6. The molecule has 0 radical (unpaired) electrons. The summed E-state index contributed by atoms with van der Waals surface area (Å²) in [7, 11) is 0. The summed E-state index contributed by atoms with van der Waals surface area (Å²) < 4.78 is 0. The van der Waals surface area contributed by atoms with Crippen molar-refractivity contribution >= 4 is 64.6 Å². The summed E-state index contributed by atoms with van der Waals surface area (Å²) in [5.74, 6) is 0. The number of rotatable bonds is 5. The molecule has 0 aliphatic heterocycles. The lowest BCUT2D eigenvalue weighted by Gasteiger charge is -2.18. The molecule has 12 aromatic carbocycles. The minimum atomic E-state index is 1.20. The molecular weight excluding hydrogens is 721 g/mol. The second-order valence-electron chi connectivity index (χ2n) is 16.0. The lowest BCUT2D eigenvalue weighted by Crippen LogP contribution is -1.91. The van der Waals surface area contributed by atoms with Crippen molar-refractivity contribution in [1.29, 1.82) is 0 Å². The van der Waals surface area contributed by atoms with E-state index in [1.165, 1.54) is 120 Å². The van der Waals surface area contributed by atoms with E-state index in [2.05, 4.69) is 231 Å². The smallest absolute Gasteiger partial charge is 0.00206 e. The van der Waals surface area contributed by atoms with Crippen molar-refractivity contribution in [2.45, 2.75) is 0 Å². The van der Waals surface area contributed by atoms with Gasteiger partial charge in [0.25, 0.3) is 0 Å². The first-order valence-electron chi connectivity index (χ1n) is 20.8. The normalized spacial score (nSPS) is 11.7. The molecule has 0 N–H and O–H groups in total. The molecule has 0 aromatic heterocycles. The molecule has 0 heterocycles. The van der Waals surface area contributed by atoms with Gasteiger partial charge in [-0.05, 0) is 151 Å². The maximum Gasteiger partial charge on any atom is -0.00206 e. The van der Waals surface area contributed by atoms with Gasteiger partial charge in [-0.2, -0.15) is 0 Å². The van der Waals surface area contributed by atoms with Crippen molar-refractivity contribution in [1.82, 2.24) is 0 Å². The van der Waals surface area contributed by atoms with E-state index in [4.69, 9.17) is 0 Å². The topological polar surface area (TPSA) is 0 Å². The average molecular weight is 759 g/mol. The van der Waals surface area contributed by atoms with Gasteiger partial charge >= 0.3 is 0 Å². The first-order chi connectivity index (χ1) is 29.7. The molecule has 0 atom stereocenters. The van der Waals surface area contributed by atoms with E-state index < -0.39 is 0 Å². The highest BCUT2D eigenvalue weighted by Gasteiger charge is 2.18. The zero-order chi connectivity index (χ0) is 39.6. The Kier molecular flexibility index (Phi) is 7.96. The second-order valence-corrected chi connectivity index (χ2v) is 16.0. The molecule has 0 unspecified atom stereocenters. The van der Waals surface area contributed by atoms with Crippen LogP contribution in [0.4, 0.5) is 0 Å². The van der Waals surface area contributed by atoms with Crippen LogP contribution in [0, 0.1) is 0 Å². The Morgan fingerprint density at radius 3 is 1.25 bits per heavy atom. The van der Waals surface area contributed by atoms with E-state index in [0.29, 0.717) is 0 Å². The van der Waals surface area contributed by atoms with Gasteiger partial charge in [-0.15, -0.1) is 0 Å². The fourth-order valence-corrected chi connectivity index (χ4v) is 9.71. The van der Waals surface area contributed by atoms with Gasteiger partial charge in [0.05, 0.1) is 0 Å². The Labute approximate surface area is 349 Å². The third-order valence-electron chi connectivity index (χ3n) is 12.6. The predicted octanol–water partition coefficient (Wildman–Crippen LogP) is 16.9. The second kappa shape index (κ2) is 13.9. The molecule has 12 aromatic rings. The molecule has 60 heavy (non-hydrogen) atoms. The summed E-state index contributed by atoms with van der Waals surface area (Å²) in [4.78, 5) is 0. The van der Waals surface area contributed by atoms with Crippen LogP contribution in [0.3, 0.4) is 0 Å². The zero-order valence-corrected chi connectivity index (χ0v) is 32.9. The maximum absolute atomic E-state index is 2.42. The molecule has 12 rings (SSSR count). The van der Waals surface area contributed by atoms with E-state index in [1.807, 2.05) is 0 Å². The molecule has 0 spiro atoms. The summed E-state index contributed by atoms with van der Waals surface area (Å²) >= 11 is 0. The van der Waals surface area contributed by atoms with Crippen LogP contribution >= 0.6 is 0 Å². The first kappa shape index (κ1) is 34.3. The molecule has 0 heteroatoms. The summed E-state index contributed by atoms with van der Waals surface area (Å²) in [6.07, 6.45) is 0. The quantitative estimate of drug-likeness (QED) is 0.164. The molecule has 0 aliphatic rings. The summed E-state index contributed by atoms with van der Waals surface area (Å²) in [5.41, 5.74) is 12.3. The maximum atomic E-state index is 2.42. The Hall–Kier alpha value is -7.80. The van der Waals surface area contributed by atoms with Crippen molar-refractivity contribution in [3.63, 3.8) is 0 Å². The highest BCUT2D eigenvalue weighted by atomic mass is 14.2. The van der Waals surface area contributed by atoms with Crippen molar-refractivity contribution in [3.8, 4) is 55.6 Å². The lowest BCUT2D eigenvalue weighted by atomic mass is 9.85. The zero-order valence-electron chi connectivity index (χ0n) is 32.9. The van der Waals surface area contributed by atoms with E-state index in [1.54, 1.807) is 0 Å². The number of benzene rings is 12. The number of fused-ring (bicyclic) bond motifs is 6. The lowest BCUT2D eigenvalue weighted by molar-refractivity contribution is 1.63. The van der Waals surface area contributed by atoms with Crippen LogP contribution in [0.2, 0.25) is 0 Å². The van der Waals surface area contributed by atoms with Crippen molar-refractivity contribution in [2.24, 2.45) is 0 Å². The molecule has 0 aliphatic carbocycles.